The number of carbonyl (C=O) groups is 1. The van der Waals surface area contributed by atoms with E-state index in [1.54, 1.807) is 22.2 Å². The third-order valence-electron chi connectivity index (χ3n) is 3.51. The summed E-state index contributed by atoms with van der Waals surface area (Å²) in [6.45, 7) is 3.80. The Morgan fingerprint density at radius 1 is 1.33 bits per heavy atom. The van der Waals surface area contributed by atoms with E-state index in [9.17, 15) is 4.79 Å². The summed E-state index contributed by atoms with van der Waals surface area (Å²) in [5.74, 6) is 0. The number of hydrogen-bond acceptors (Lipinski definition) is 2. The Bertz CT molecular complexity index is 643. The van der Waals surface area contributed by atoms with Crippen LogP contribution in [-0.4, -0.2) is 34.0 Å². The summed E-state index contributed by atoms with van der Waals surface area (Å²) in [6, 6.07) is 7.38. The number of imidazole rings is 1. The number of aromatic amines is 1. The van der Waals surface area contributed by atoms with Crippen molar-refractivity contribution in [3.05, 3.63) is 47.0 Å². The first kappa shape index (κ1) is 15.7. The van der Waals surface area contributed by atoms with Crippen LogP contribution in [0.5, 0.6) is 0 Å². The lowest BCUT2D eigenvalue weighted by atomic mass is 10.3. The Balaban J connectivity index is 0.00000161. The number of amides is 2. The summed E-state index contributed by atoms with van der Waals surface area (Å²) in [6.07, 6.45) is 1.65. The SMILES string of the molecule is Cc1[nH]cnc1CN1CCN(c2ccccc2Cl)C1=O.Cl. The quantitative estimate of drug-likeness (QED) is 0.941. The molecule has 1 aliphatic heterocycles. The van der Waals surface area contributed by atoms with E-state index >= 15 is 0 Å². The van der Waals surface area contributed by atoms with Crippen LogP contribution in [0.25, 0.3) is 0 Å². The maximum atomic E-state index is 12.5. The molecule has 21 heavy (non-hydrogen) atoms. The van der Waals surface area contributed by atoms with Crippen molar-refractivity contribution in [2.75, 3.05) is 18.0 Å². The van der Waals surface area contributed by atoms with Crippen LogP contribution in [0.15, 0.2) is 30.6 Å². The van der Waals surface area contributed by atoms with Crippen LogP contribution in [0.2, 0.25) is 5.02 Å². The number of anilines is 1. The van der Waals surface area contributed by atoms with Gasteiger partial charge in [-0.1, -0.05) is 23.7 Å². The van der Waals surface area contributed by atoms with Crippen molar-refractivity contribution in [3.8, 4) is 0 Å². The number of urea groups is 1. The van der Waals surface area contributed by atoms with E-state index in [-0.39, 0.29) is 18.4 Å². The van der Waals surface area contributed by atoms with Crippen molar-refractivity contribution < 1.29 is 4.79 Å². The van der Waals surface area contributed by atoms with Gasteiger partial charge in [0.15, 0.2) is 0 Å². The molecule has 1 aliphatic rings. The minimum Gasteiger partial charge on any atom is -0.348 e. The van der Waals surface area contributed by atoms with E-state index < -0.39 is 0 Å². The number of aryl methyl sites for hydroxylation is 1. The van der Waals surface area contributed by atoms with Gasteiger partial charge in [0.2, 0.25) is 0 Å². The number of hydrogen-bond donors (Lipinski definition) is 1. The molecular formula is C14H16Cl2N4O. The van der Waals surface area contributed by atoms with Gasteiger partial charge in [0.05, 0.1) is 29.3 Å². The van der Waals surface area contributed by atoms with Crippen molar-refractivity contribution in [3.63, 3.8) is 0 Å². The molecule has 0 atom stereocenters. The van der Waals surface area contributed by atoms with Gasteiger partial charge in [0, 0.05) is 18.8 Å². The highest BCUT2D eigenvalue weighted by Crippen LogP contribution is 2.28. The van der Waals surface area contributed by atoms with Crippen LogP contribution in [0.3, 0.4) is 0 Å². The second-order valence-electron chi connectivity index (χ2n) is 4.78. The number of H-pyrrole nitrogens is 1. The van der Waals surface area contributed by atoms with E-state index in [2.05, 4.69) is 9.97 Å². The maximum Gasteiger partial charge on any atom is 0.325 e. The summed E-state index contributed by atoms with van der Waals surface area (Å²) < 4.78 is 0. The molecule has 3 rings (SSSR count). The van der Waals surface area contributed by atoms with Crippen LogP contribution in [0.1, 0.15) is 11.4 Å². The van der Waals surface area contributed by atoms with Crippen molar-refractivity contribution in [2.45, 2.75) is 13.5 Å². The van der Waals surface area contributed by atoms with E-state index in [0.717, 1.165) is 17.1 Å². The zero-order chi connectivity index (χ0) is 14.1. The van der Waals surface area contributed by atoms with Gasteiger partial charge < -0.3 is 9.88 Å². The van der Waals surface area contributed by atoms with Crippen molar-refractivity contribution >= 4 is 35.7 Å². The molecule has 0 radical (unpaired) electrons. The number of benzene rings is 1. The number of nitrogens with zero attached hydrogens (tertiary/aromatic N) is 3. The highest BCUT2D eigenvalue weighted by atomic mass is 35.5. The highest BCUT2D eigenvalue weighted by molar-refractivity contribution is 6.33. The predicted molar refractivity (Wildman–Crippen MR) is 85.2 cm³/mol. The summed E-state index contributed by atoms with van der Waals surface area (Å²) in [5, 5.41) is 0.596. The molecule has 0 spiro atoms. The molecule has 0 aliphatic carbocycles. The first-order chi connectivity index (χ1) is 9.66. The Morgan fingerprint density at radius 3 is 2.76 bits per heavy atom. The molecular weight excluding hydrogens is 311 g/mol. The number of nitrogens with one attached hydrogen (secondary N) is 1. The Kier molecular flexibility index (Phi) is 4.75. The fraction of sp³-hybridized carbons (Fsp3) is 0.286. The normalized spacial score (nSPS) is 14.5. The van der Waals surface area contributed by atoms with E-state index in [0.29, 0.717) is 24.7 Å². The lowest BCUT2D eigenvalue weighted by Crippen LogP contribution is -2.31. The standard InChI is InChI=1S/C14H15ClN4O.ClH/c1-10-12(17-9-16-10)8-18-6-7-19(14(18)20)13-5-3-2-4-11(13)15;/h2-5,9H,6-8H2,1H3,(H,16,17);1H. The van der Waals surface area contributed by atoms with Crippen molar-refractivity contribution in [2.24, 2.45) is 0 Å². The molecule has 7 heteroatoms. The molecule has 1 aromatic carbocycles. The molecule has 0 saturated carbocycles. The summed E-state index contributed by atoms with van der Waals surface area (Å²) >= 11 is 6.16. The zero-order valence-electron chi connectivity index (χ0n) is 11.5. The molecule has 1 aromatic heterocycles. The van der Waals surface area contributed by atoms with Crippen LogP contribution in [-0.2, 0) is 6.54 Å². The second-order valence-corrected chi connectivity index (χ2v) is 5.19. The van der Waals surface area contributed by atoms with Gasteiger partial charge in [-0.05, 0) is 19.1 Å². The number of carbonyl (C=O) groups excluding carboxylic acids is 1. The fourth-order valence-corrected chi connectivity index (χ4v) is 2.59. The van der Waals surface area contributed by atoms with Gasteiger partial charge in [-0.3, -0.25) is 4.90 Å². The highest BCUT2D eigenvalue weighted by Gasteiger charge is 2.31. The molecule has 2 amide bonds. The van der Waals surface area contributed by atoms with Gasteiger partial charge in [0.25, 0.3) is 0 Å². The first-order valence-corrected chi connectivity index (χ1v) is 6.84. The Morgan fingerprint density at radius 2 is 2.10 bits per heavy atom. The largest absolute Gasteiger partial charge is 0.348 e. The molecule has 0 unspecified atom stereocenters. The molecule has 0 bridgehead atoms. The van der Waals surface area contributed by atoms with E-state index in [1.807, 2.05) is 25.1 Å². The topological polar surface area (TPSA) is 52.2 Å². The van der Waals surface area contributed by atoms with Gasteiger partial charge in [-0.25, -0.2) is 9.78 Å². The van der Waals surface area contributed by atoms with Crippen LogP contribution < -0.4 is 4.90 Å². The average Bonchev–Trinajstić information content (AvgIpc) is 2.99. The van der Waals surface area contributed by atoms with E-state index in [4.69, 9.17) is 11.6 Å². The number of aromatic nitrogens is 2. The number of halogens is 2. The maximum absolute atomic E-state index is 12.5. The zero-order valence-corrected chi connectivity index (χ0v) is 13.1. The first-order valence-electron chi connectivity index (χ1n) is 6.46. The van der Waals surface area contributed by atoms with Crippen molar-refractivity contribution in [1.82, 2.24) is 14.9 Å². The lowest BCUT2D eigenvalue weighted by molar-refractivity contribution is 0.218. The van der Waals surface area contributed by atoms with Crippen LogP contribution >= 0.6 is 24.0 Å². The van der Waals surface area contributed by atoms with Gasteiger partial charge in [-0.15, -0.1) is 12.4 Å². The summed E-state index contributed by atoms with van der Waals surface area (Å²) in [4.78, 5) is 23.2. The molecule has 1 saturated heterocycles. The summed E-state index contributed by atoms with van der Waals surface area (Å²) in [7, 11) is 0. The molecule has 2 aromatic rings. The monoisotopic (exact) mass is 326 g/mol. The predicted octanol–water partition coefficient (Wildman–Crippen LogP) is 3.24. The van der Waals surface area contributed by atoms with E-state index in [1.165, 1.54) is 0 Å². The van der Waals surface area contributed by atoms with Gasteiger partial charge in [0.1, 0.15) is 0 Å². The van der Waals surface area contributed by atoms with Crippen LogP contribution in [0, 0.1) is 6.92 Å². The second kappa shape index (κ2) is 6.37. The molecule has 112 valence electrons. The van der Waals surface area contributed by atoms with Crippen molar-refractivity contribution in [1.29, 1.82) is 0 Å². The number of rotatable bonds is 3. The molecule has 2 heterocycles. The smallest absolute Gasteiger partial charge is 0.325 e. The Labute approximate surface area is 134 Å². The van der Waals surface area contributed by atoms with Gasteiger partial charge >= 0.3 is 6.03 Å². The lowest BCUT2D eigenvalue weighted by Gasteiger charge is -2.19. The molecule has 5 nitrogen and oxygen atoms in total. The molecule has 1 N–H and O–H groups in total. The third-order valence-corrected chi connectivity index (χ3v) is 3.83. The third kappa shape index (κ3) is 2.99. The minimum atomic E-state index is -0.0273. The summed E-state index contributed by atoms with van der Waals surface area (Å²) in [5.41, 5.74) is 2.66. The van der Waals surface area contributed by atoms with Crippen LogP contribution in [0.4, 0.5) is 10.5 Å². The number of para-hydroxylation sites is 1. The van der Waals surface area contributed by atoms with Gasteiger partial charge in [-0.2, -0.15) is 0 Å². The average molecular weight is 327 g/mol. The fourth-order valence-electron chi connectivity index (χ4n) is 2.35. The molecule has 1 fully saturated rings. The Hall–Kier alpha value is -1.72. The minimum absolute atomic E-state index is 0.